The number of fused-ring (bicyclic) bond motifs is 1. The van der Waals surface area contributed by atoms with Gasteiger partial charge in [0.2, 0.25) is 5.91 Å². The first-order valence-electron chi connectivity index (χ1n) is 11.2. The van der Waals surface area contributed by atoms with Crippen LogP contribution >= 0.6 is 0 Å². The quantitative estimate of drug-likeness (QED) is 0.381. The summed E-state index contributed by atoms with van der Waals surface area (Å²) in [6, 6.07) is 16.8. The van der Waals surface area contributed by atoms with E-state index in [2.05, 4.69) is 15.5 Å². The van der Waals surface area contributed by atoms with Crippen molar-refractivity contribution in [3.05, 3.63) is 100 Å². The summed E-state index contributed by atoms with van der Waals surface area (Å²) < 4.78 is 23.2. The molecule has 9 nitrogen and oxygen atoms in total. The summed E-state index contributed by atoms with van der Waals surface area (Å²) >= 11 is 0. The molecule has 0 unspecified atom stereocenters. The van der Waals surface area contributed by atoms with Crippen LogP contribution in [0.4, 0.5) is 4.39 Å². The minimum atomic E-state index is -0.452. The number of carbonyl (C=O) groups is 1. The van der Waals surface area contributed by atoms with Gasteiger partial charge in [0.15, 0.2) is 5.82 Å². The van der Waals surface area contributed by atoms with Gasteiger partial charge in [-0.1, -0.05) is 12.1 Å². The van der Waals surface area contributed by atoms with Gasteiger partial charge in [-0.3, -0.25) is 9.59 Å². The second kappa shape index (κ2) is 9.49. The molecule has 0 spiro atoms. The van der Waals surface area contributed by atoms with E-state index in [0.29, 0.717) is 34.6 Å². The molecule has 3 aromatic heterocycles. The van der Waals surface area contributed by atoms with Crippen LogP contribution < -0.4 is 15.6 Å². The SMILES string of the molecule is COc1ccc(CNC(=O)Cn2nc(C)c3nn(-c4ccc(F)cc4)c(-n4cccc4)c3c2=O)cc1. The first-order valence-corrected chi connectivity index (χ1v) is 11.2. The van der Waals surface area contributed by atoms with E-state index in [1.165, 1.54) is 12.1 Å². The van der Waals surface area contributed by atoms with Crippen LogP contribution in [0.15, 0.2) is 77.9 Å². The van der Waals surface area contributed by atoms with Crippen LogP contribution in [-0.2, 0) is 17.9 Å². The molecule has 0 aliphatic carbocycles. The van der Waals surface area contributed by atoms with Crippen molar-refractivity contribution in [3.63, 3.8) is 0 Å². The Morgan fingerprint density at radius 3 is 2.39 bits per heavy atom. The van der Waals surface area contributed by atoms with Gasteiger partial charge in [0.05, 0.1) is 18.5 Å². The summed E-state index contributed by atoms with van der Waals surface area (Å²) in [4.78, 5) is 26.2. The van der Waals surface area contributed by atoms with Crippen LogP contribution in [0.5, 0.6) is 5.75 Å². The lowest BCUT2D eigenvalue weighted by atomic mass is 10.2. The lowest BCUT2D eigenvalue weighted by Gasteiger charge is -2.10. The second-order valence-electron chi connectivity index (χ2n) is 8.20. The molecule has 5 aromatic rings. The van der Waals surface area contributed by atoms with Gasteiger partial charge in [0.25, 0.3) is 5.56 Å². The minimum absolute atomic E-state index is 0.251. The van der Waals surface area contributed by atoms with Crippen LogP contribution in [0, 0.1) is 12.7 Å². The third-order valence-corrected chi connectivity index (χ3v) is 5.79. The predicted octanol–water partition coefficient (Wildman–Crippen LogP) is 3.15. The zero-order chi connectivity index (χ0) is 25.2. The van der Waals surface area contributed by atoms with Crippen molar-refractivity contribution in [1.82, 2.24) is 29.4 Å². The Labute approximate surface area is 205 Å². The normalized spacial score (nSPS) is 11.1. The van der Waals surface area contributed by atoms with E-state index in [4.69, 9.17) is 4.74 Å². The summed E-state index contributed by atoms with van der Waals surface area (Å²) in [7, 11) is 1.59. The van der Waals surface area contributed by atoms with Crippen LogP contribution in [-0.4, -0.2) is 37.1 Å². The Balaban J connectivity index is 1.51. The summed E-state index contributed by atoms with van der Waals surface area (Å²) in [5.41, 5.74) is 1.92. The van der Waals surface area contributed by atoms with E-state index in [-0.39, 0.29) is 18.3 Å². The topological polar surface area (TPSA) is 96.0 Å². The fourth-order valence-corrected chi connectivity index (χ4v) is 3.98. The molecule has 0 aliphatic heterocycles. The molecule has 182 valence electrons. The Hall–Kier alpha value is -4.73. The number of hydrogen-bond donors (Lipinski definition) is 1. The summed E-state index contributed by atoms with van der Waals surface area (Å²) in [6.45, 7) is 1.78. The van der Waals surface area contributed by atoms with Gasteiger partial charge in [0.1, 0.15) is 29.0 Å². The first-order chi connectivity index (χ1) is 17.4. The van der Waals surface area contributed by atoms with Crippen LogP contribution in [0.2, 0.25) is 0 Å². The van der Waals surface area contributed by atoms with Crippen molar-refractivity contribution in [2.45, 2.75) is 20.0 Å². The average Bonchev–Trinajstić information content (AvgIpc) is 3.55. The second-order valence-corrected chi connectivity index (χ2v) is 8.20. The standard InChI is InChI=1S/C26H23FN6O3/c1-17-24-23(25(31-13-3-4-14-31)33(30-24)20-9-7-19(27)8-10-20)26(35)32(29-17)16-22(34)28-15-18-5-11-21(36-2)12-6-18/h3-14H,15-16H2,1-2H3,(H,28,34). The monoisotopic (exact) mass is 486 g/mol. The van der Waals surface area contributed by atoms with E-state index >= 15 is 0 Å². The molecule has 0 aliphatic rings. The highest BCUT2D eigenvalue weighted by Crippen LogP contribution is 2.24. The van der Waals surface area contributed by atoms with Gasteiger partial charge < -0.3 is 14.6 Å². The molecular formula is C26H23FN6O3. The molecule has 0 atom stereocenters. The highest BCUT2D eigenvalue weighted by molar-refractivity contribution is 5.88. The Kier molecular flexibility index (Phi) is 6.07. The smallest absolute Gasteiger partial charge is 0.280 e. The van der Waals surface area contributed by atoms with Crippen molar-refractivity contribution < 1.29 is 13.9 Å². The molecule has 0 bridgehead atoms. The maximum absolute atomic E-state index is 13.6. The molecule has 36 heavy (non-hydrogen) atoms. The van der Waals surface area contributed by atoms with E-state index in [1.807, 2.05) is 36.4 Å². The fraction of sp³-hybridized carbons (Fsp3) is 0.154. The molecular weight excluding hydrogens is 463 g/mol. The van der Waals surface area contributed by atoms with E-state index in [0.717, 1.165) is 16.0 Å². The summed E-state index contributed by atoms with van der Waals surface area (Å²) in [5, 5.41) is 12.1. The van der Waals surface area contributed by atoms with Gasteiger partial charge in [-0.25, -0.2) is 13.8 Å². The lowest BCUT2D eigenvalue weighted by Crippen LogP contribution is -2.34. The number of aryl methyl sites for hydroxylation is 1. The number of benzene rings is 2. The highest BCUT2D eigenvalue weighted by Gasteiger charge is 2.22. The molecule has 3 heterocycles. The highest BCUT2D eigenvalue weighted by atomic mass is 19.1. The molecule has 0 saturated carbocycles. The van der Waals surface area contributed by atoms with Gasteiger partial charge in [-0.15, -0.1) is 0 Å². The molecule has 5 rings (SSSR count). The number of carbonyl (C=O) groups excluding carboxylic acids is 1. The number of hydrogen-bond acceptors (Lipinski definition) is 5. The molecule has 1 amide bonds. The maximum Gasteiger partial charge on any atom is 0.280 e. The van der Waals surface area contributed by atoms with E-state index < -0.39 is 5.56 Å². The van der Waals surface area contributed by atoms with Crippen LogP contribution in [0.1, 0.15) is 11.3 Å². The van der Waals surface area contributed by atoms with Crippen molar-refractivity contribution in [1.29, 1.82) is 0 Å². The number of ether oxygens (including phenoxy) is 1. The van der Waals surface area contributed by atoms with Gasteiger partial charge in [-0.2, -0.15) is 10.2 Å². The average molecular weight is 487 g/mol. The number of aromatic nitrogens is 5. The van der Waals surface area contributed by atoms with Gasteiger partial charge in [0, 0.05) is 18.9 Å². The molecule has 1 N–H and O–H groups in total. The summed E-state index contributed by atoms with van der Waals surface area (Å²) in [5.74, 6) is 0.472. The number of nitrogens with zero attached hydrogens (tertiary/aromatic N) is 5. The zero-order valence-corrected chi connectivity index (χ0v) is 19.7. The Morgan fingerprint density at radius 2 is 1.72 bits per heavy atom. The first kappa shape index (κ1) is 23.0. The number of halogens is 1. The Morgan fingerprint density at radius 1 is 1.03 bits per heavy atom. The zero-order valence-electron chi connectivity index (χ0n) is 19.7. The van der Waals surface area contributed by atoms with Gasteiger partial charge >= 0.3 is 0 Å². The van der Waals surface area contributed by atoms with Crippen LogP contribution in [0.25, 0.3) is 22.4 Å². The fourth-order valence-electron chi connectivity index (χ4n) is 3.98. The lowest BCUT2D eigenvalue weighted by molar-refractivity contribution is -0.122. The molecule has 0 fully saturated rings. The number of amides is 1. The largest absolute Gasteiger partial charge is 0.497 e. The van der Waals surface area contributed by atoms with Crippen LogP contribution in [0.3, 0.4) is 0 Å². The van der Waals surface area contributed by atoms with Crippen molar-refractivity contribution >= 4 is 16.8 Å². The number of methoxy groups -OCH3 is 1. The van der Waals surface area contributed by atoms with Crippen molar-refractivity contribution in [3.8, 4) is 17.3 Å². The summed E-state index contributed by atoms with van der Waals surface area (Å²) in [6.07, 6.45) is 3.58. The third-order valence-electron chi connectivity index (χ3n) is 5.79. The minimum Gasteiger partial charge on any atom is -0.497 e. The molecule has 2 aromatic carbocycles. The van der Waals surface area contributed by atoms with E-state index in [1.54, 1.807) is 47.8 Å². The molecule has 10 heteroatoms. The number of rotatable bonds is 7. The van der Waals surface area contributed by atoms with Crippen molar-refractivity contribution in [2.24, 2.45) is 0 Å². The molecule has 0 radical (unpaired) electrons. The molecule has 0 saturated heterocycles. The Bertz CT molecular complexity index is 1590. The predicted molar refractivity (Wildman–Crippen MR) is 132 cm³/mol. The van der Waals surface area contributed by atoms with Gasteiger partial charge in [-0.05, 0) is 61.0 Å². The number of nitrogens with one attached hydrogen (secondary N) is 1. The maximum atomic E-state index is 13.6. The third kappa shape index (κ3) is 4.36. The van der Waals surface area contributed by atoms with Crippen molar-refractivity contribution in [2.75, 3.05) is 7.11 Å². The van der Waals surface area contributed by atoms with E-state index in [9.17, 15) is 14.0 Å².